The van der Waals surface area contributed by atoms with E-state index in [4.69, 9.17) is 0 Å². The molecule has 3 fully saturated rings. The fourth-order valence-corrected chi connectivity index (χ4v) is 7.18. The molecule has 0 aliphatic heterocycles. The van der Waals surface area contributed by atoms with Crippen molar-refractivity contribution in [3.63, 3.8) is 0 Å². The molecule has 4 nitrogen and oxygen atoms in total. The molecule has 5 heteroatoms. The second-order valence-corrected chi connectivity index (χ2v) is 10.8. The minimum absolute atomic E-state index is 0.0177. The Morgan fingerprint density at radius 2 is 1.88 bits per heavy atom. The zero-order chi connectivity index (χ0) is 18.2. The summed E-state index contributed by atoms with van der Waals surface area (Å²) in [4.78, 5) is 0.0177. The van der Waals surface area contributed by atoms with Gasteiger partial charge in [-0.15, -0.1) is 0 Å². The summed E-state index contributed by atoms with van der Waals surface area (Å²) in [7, 11) is 0. The van der Waals surface area contributed by atoms with Crippen LogP contribution in [0.15, 0.2) is 11.6 Å². The van der Waals surface area contributed by atoms with Crippen molar-refractivity contribution in [3.8, 4) is 0 Å². The van der Waals surface area contributed by atoms with Crippen LogP contribution in [0.1, 0.15) is 46.0 Å². The van der Waals surface area contributed by atoms with Gasteiger partial charge in [0.2, 0.25) is 0 Å². The van der Waals surface area contributed by atoms with Gasteiger partial charge < -0.3 is 20.4 Å². The van der Waals surface area contributed by atoms with Crippen LogP contribution in [0.5, 0.6) is 0 Å². The molecule has 4 aliphatic carbocycles. The number of hydrogen-bond donors (Lipinski definition) is 4. The van der Waals surface area contributed by atoms with E-state index >= 15 is 0 Å². The van der Waals surface area contributed by atoms with Crippen molar-refractivity contribution in [2.45, 2.75) is 63.0 Å². The van der Waals surface area contributed by atoms with E-state index in [2.05, 4.69) is 35.9 Å². The van der Waals surface area contributed by atoms with Gasteiger partial charge in [0.25, 0.3) is 0 Å². The molecule has 0 radical (unpaired) electrons. The lowest BCUT2D eigenvalue weighted by Crippen LogP contribution is -2.55. The van der Waals surface area contributed by atoms with Crippen LogP contribution in [0.3, 0.4) is 0 Å². The summed E-state index contributed by atoms with van der Waals surface area (Å²) < 4.78 is 0. The van der Waals surface area contributed by atoms with Crippen LogP contribution in [-0.2, 0) is 0 Å². The van der Waals surface area contributed by atoms with Crippen molar-refractivity contribution in [1.82, 2.24) is 0 Å². The maximum absolute atomic E-state index is 11.0. The van der Waals surface area contributed by atoms with Crippen LogP contribution in [0.4, 0.5) is 0 Å². The SMILES string of the molecule is CC1(C(Br)CO)CC=C2C(C1)C(O)CC1C2(C)CC(O)C2CC21CO. The quantitative estimate of drug-likeness (QED) is 0.421. The first-order valence-corrected chi connectivity index (χ1v) is 10.6. The molecular weight excluding hydrogens is 384 g/mol. The number of halogens is 1. The van der Waals surface area contributed by atoms with Crippen molar-refractivity contribution in [2.75, 3.05) is 13.2 Å². The van der Waals surface area contributed by atoms with Gasteiger partial charge in [-0.05, 0) is 54.8 Å². The minimum atomic E-state index is -0.401. The van der Waals surface area contributed by atoms with Crippen LogP contribution in [0, 0.1) is 34.0 Å². The van der Waals surface area contributed by atoms with Gasteiger partial charge in [0.05, 0.1) is 18.8 Å². The summed E-state index contributed by atoms with van der Waals surface area (Å²) in [5, 5.41) is 41.3. The molecule has 0 heterocycles. The van der Waals surface area contributed by atoms with E-state index in [-0.39, 0.29) is 58.1 Å². The second-order valence-electron chi connectivity index (χ2n) is 9.72. The normalized spacial score (nSPS) is 55.5. The molecule has 142 valence electrons. The Morgan fingerprint density at radius 3 is 2.52 bits per heavy atom. The maximum atomic E-state index is 11.0. The third-order valence-corrected chi connectivity index (χ3v) is 9.82. The average molecular weight is 415 g/mol. The number of fused-ring (bicyclic) bond motifs is 5. The standard InChI is InChI=1S/C20H31BrO4/c1-18(17(21)9-22)4-3-12-11(6-18)14(24)5-16-19(12,2)8-15(25)13-7-20(13,16)10-23/h3,11,13-17,22-25H,4-10H2,1-2H3. The van der Waals surface area contributed by atoms with Gasteiger partial charge in [-0.25, -0.2) is 0 Å². The highest BCUT2D eigenvalue weighted by Gasteiger charge is 2.71. The number of hydrogen-bond acceptors (Lipinski definition) is 4. The highest BCUT2D eigenvalue weighted by atomic mass is 79.9. The van der Waals surface area contributed by atoms with Crippen molar-refractivity contribution >= 4 is 15.9 Å². The highest BCUT2D eigenvalue weighted by Crippen LogP contribution is 2.73. The highest BCUT2D eigenvalue weighted by molar-refractivity contribution is 9.09. The molecule has 9 unspecified atom stereocenters. The molecule has 0 saturated heterocycles. The fourth-order valence-electron chi connectivity index (χ4n) is 6.80. The number of aliphatic hydroxyl groups excluding tert-OH is 4. The van der Waals surface area contributed by atoms with Gasteiger partial charge in [-0.2, -0.15) is 0 Å². The lowest BCUT2D eigenvalue weighted by molar-refractivity contribution is -0.0947. The molecule has 0 spiro atoms. The Labute approximate surface area is 158 Å². The van der Waals surface area contributed by atoms with Crippen molar-refractivity contribution in [1.29, 1.82) is 0 Å². The van der Waals surface area contributed by atoms with E-state index in [1.165, 1.54) is 5.57 Å². The molecule has 4 rings (SSSR count). The summed E-state index contributed by atoms with van der Waals surface area (Å²) >= 11 is 3.62. The molecule has 25 heavy (non-hydrogen) atoms. The van der Waals surface area contributed by atoms with Crippen LogP contribution in [-0.4, -0.2) is 50.7 Å². The number of alkyl halides is 1. The molecule has 4 aliphatic rings. The van der Waals surface area contributed by atoms with Crippen LogP contribution in [0.2, 0.25) is 0 Å². The largest absolute Gasteiger partial charge is 0.396 e. The predicted octanol–water partition coefficient (Wildman–Crippen LogP) is 2.24. The molecule has 0 bridgehead atoms. The van der Waals surface area contributed by atoms with E-state index in [0.717, 1.165) is 25.7 Å². The summed E-state index contributed by atoms with van der Waals surface area (Å²) in [5.74, 6) is 0.540. The van der Waals surface area contributed by atoms with Crippen LogP contribution in [0.25, 0.3) is 0 Å². The minimum Gasteiger partial charge on any atom is -0.396 e. The number of rotatable bonds is 3. The molecule has 0 aromatic rings. The molecule has 0 aromatic heterocycles. The Balaban J connectivity index is 1.72. The topological polar surface area (TPSA) is 80.9 Å². The van der Waals surface area contributed by atoms with E-state index in [0.29, 0.717) is 6.42 Å². The molecule has 0 aromatic carbocycles. The molecule has 4 N–H and O–H groups in total. The van der Waals surface area contributed by atoms with Crippen molar-refractivity contribution in [3.05, 3.63) is 11.6 Å². The smallest absolute Gasteiger partial charge is 0.0609 e. The van der Waals surface area contributed by atoms with Gasteiger partial charge in [-0.1, -0.05) is 41.4 Å². The predicted molar refractivity (Wildman–Crippen MR) is 99.2 cm³/mol. The van der Waals surface area contributed by atoms with Gasteiger partial charge >= 0.3 is 0 Å². The Bertz CT molecular complexity index is 594. The Kier molecular flexibility index (Phi) is 4.26. The van der Waals surface area contributed by atoms with E-state index in [1.807, 2.05) is 0 Å². The van der Waals surface area contributed by atoms with Gasteiger partial charge in [0.15, 0.2) is 0 Å². The lowest BCUT2D eigenvalue weighted by Gasteiger charge is -2.58. The Morgan fingerprint density at radius 1 is 1.16 bits per heavy atom. The summed E-state index contributed by atoms with van der Waals surface area (Å²) in [6, 6.07) is 0. The maximum Gasteiger partial charge on any atom is 0.0609 e. The van der Waals surface area contributed by atoms with Gasteiger partial charge in [-0.3, -0.25) is 0 Å². The van der Waals surface area contributed by atoms with Crippen molar-refractivity contribution < 1.29 is 20.4 Å². The second kappa shape index (κ2) is 5.78. The summed E-state index contributed by atoms with van der Waals surface area (Å²) in [5.41, 5.74) is 0.894. The van der Waals surface area contributed by atoms with E-state index in [1.54, 1.807) is 0 Å². The van der Waals surface area contributed by atoms with Gasteiger partial charge in [0.1, 0.15) is 0 Å². The zero-order valence-corrected chi connectivity index (χ0v) is 16.7. The monoisotopic (exact) mass is 414 g/mol. The van der Waals surface area contributed by atoms with Crippen molar-refractivity contribution in [2.24, 2.45) is 34.0 Å². The average Bonchev–Trinajstić information content (AvgIpc) is 3.33. The zero-order valence-electron chi connectivity index (χ0n) is 15.2. The fraction of sp³-hybridized carbons (Fsp3) is 0.900. The van der Waals surface area contributed by atoms with Crippen LogP contribution >= 0.6 is 15.9 Å². The van der Waals surface area contributed by atoms with E-state index < -0.39 is 6.10 Å². The third kappa shape index (κ3) is 2.39. The third-order valence-electron chi connectivity index (χ3n) is 8.42. The molecule has 9 atom stereocenters. The summed E-state index contributed by atoms with van der Waals surface area (Å²) in [6.07, 6.45) is 5.61. The molecule has 3 saturated carbocycles. The van der Waals surface area contributed by atoms with Crippen LogP contribution < -0.4 is 0 Å². The van der Waals surface area contributed by atoms with Gasteiger partial charge in [0, 0.05) is 22.8 Å². The first-order chi connectivity index (χ1) is 11.7. The molecule has 0 amide bonds. The summed E-state index contributed by atoms with van der Waals surface area (Å²) in [6.45, 7) is 4.64. The first kappa shape index (κ1) is 18.4. The lowest BCUT2D eigenvalue weighted by atomic mass is 9.48. The number of allylic oxidation sites excluding steroid dienone is 1. The Hall–Kier alpha value is 0.0600. The first-order valence-electron chi connectivity index (χ1n) is 9.64. The number of aliphatic hydroxyl groups is 4. The molecular formula is C20H31BrO4. The van der Waals surface area contributed by atoms with E-state index in [9.17, 15) is 20.4 Å².